The Balaban J connectivity index is 2.34. The quantitative estimate of drug-likeness (QED) is 0.735. The van der Waals surface area contributed by atoms with Gasteiger partial charge in [0.25, 0.3) is 5.91 Å². The van der Waals surface area contributed by atoms with Crippen LogP contribution in [0.3, 0.4) is 0 Å². The van der Waals surface area contributed by atoms with Crippen LogP contribution in [0.5, 0.6) is 5.75 Å². The van der Waals surface area contributed by atoms with Gasteiger partial charge in [-0.2, -0.15) is 0 Å². The number of thiophene rings is 1. The van der Waals surface area contributed by atoms with E-state index in [1.807, 2.05) is 11.4 Å². The third-order valence-electron chi connectivity index (χ3n) is 2.28. The normalized spacial score (nSPS) is 10.3. The Bertz CT molecular complexity index is 630. The zero-order chi connectivity index (χ0) is 14.0. The minimum Gasteiger partial charge on any atom is -0.493 e. The summed E-state index contributed by atoms with van der Waals surface area (Å²) in [5.74, 6) is 0.319. The van der Waals surface area contributed by atoms with E-state index >= 15 is 0 Å². The second-order valence-corrected chi connectivity index (χ2v) is 6.58. The molecular weight excluding hydrogens is 417 g/mol. The lowest BCUT2D eigenvalue weighted by Crippen LogP contribution is -2.11. The number of halogens is 3. The lowest BCUT2D eigenvalue weighted by molar-refractivity contribution is 0.102. The molecule has 3 nitrogen and oxygen atoms in total. The Morgan fingerprint density at radius 3 is 2.68 bits per heavy atom. The average Bonchev–Trinajstić information content (AvgIpc) is 2.75. The van der Waals surface area contributed by atoms with E-state index in [0.29, 0.717) is 25.8 Å². The number of ether oxygens (including phenoxy) is 1. The monoisotopic (exact) mass is 423 g/mol. The van der Waals surface area contributed by atoms with Gasteiger partial charge in [-0.25, -0.2) is 0 Å². The first-order valence-corrected chi connectivity index (χ1v) is 7.94. The highest BCUT2D eigenvalue weighted by Crippen LogP contribution is 2.37. The summed E-state index contributed by atoms with van der Waals surface area (Å²) in [7, 11) is 1.53. The van der Waals surface area contributed by atoms with Gasteiger partial charge in [-0.15, -0.1) is 11.3 Å². The van der Waals surface area contributed by atoms with Gasteiger partial charge in [0.1, 0.15) is 4.88 Å². The molecule has 0 saturated heterocycles. The standard InChI is InChI=1S/C12H8Br2ClNO2S/c1-18-10-8(14)4-6(15)5-9(10)16-12(17)11-7(13)2-3-19-11/h2-5H,1H3,(H,16,17). The molecule has 19 heavy (non-hydrogen) atoms. The molecule has 1 amide bonds. The van der Waals surface area contributed by atoms with Crippen LogP contribution in [-0.2, 0) is 0 Å². The molecular formula is C12H8Br2ClNO2S. The molecule has 0 unspecified atom stereocenters. The van der Waals surface area contributed by atoms with E-state index in [1.54, 1.807) is 12.1 Å². The highest BCUT2D eigenvalue weighted by Gasteiger charge is 2.16. The number of nitrogens with one attached hydrogen (secondary N) is 1. The fourth-order valence-electron chi connectivity index (χ4n) is 1.50. The van der Waals surface area contributed by atoms with Crippen molar-refractivity contribution in [3.8, 4) is 5.75 Å². The minimum absolute atomic E-state index is 0.214. The van der Waals surface area contributed by atoms with E-state index in [4.69, 9.17) is 16.3 Å². The number of carbonyl (C=O) groups excluding carboxylic acids is 1. The van der Waals surface area contributed by atoms with Crippen molar-refractivity contribution in [3.63, 3.8) is 0 Å². The van der Waals surface area contributed by atoms with E-state index in [1.165, 1.54) is 18.4 Å². The van der Waals surface area contributed by atoms with Crippen molar-refractivity contribution in [3.05, 3.63) is 42.4 Å². The van der Waals surface area contributed by atoms with Crippen LogP contribution in [-0.4, -0.2) is 13.0 Å². The average molecular weight is 426 g/mol. The lowest BCUT2D eigenvalue weighted by atomic mass is 10.3. The molecule has 0 radical (unpaired) electrons. The van der Waals surface area contributed by atoms with Crippen LogP contribution in [0.2, 0.25) is 5.02 Å². The predicted octanol–water partition coefficient (Wildman–Crippen LogP) is 5.19. The highest BCUT2D eigenvalue weighted by molar-refractivity contribution is 9.11. The Hall–Kier alpha value is -0.560. The zero-order valence-electron chi connectivity index (χ0n) is 9.67. The van der Waals surface area contributed by atoms with E-state index in [-0.39, 0.29) is 5.91 Å². The molecule has 0 bridgehead atoms. The second kappa shape index (κ2) is 6.26. The maximum Gasteiger partial charge on any atom is 0.266 e. The number of benzene rings is 1. The first kappa shape index (κ1) is 14.8. The van der Waals surface area contributed by atoms with Crippen molar-refractivity contribution >= 4 is 66.4 Å². The van der Waals surface area contributed by atoms with Gasteiger partial charge in [-0.1, -0.05) is 11.6 Å². The molecule has 0 aliphatic rings. The second-order valence-electron chi connectivity index (χ2n) is 3.52. The number of amides is 1. The molecule has 0 spiro atoms. The number of hydrogen-bond donors (Lipinski definition) is 1. The summed E-state index contributed by atoms with van der Waals surface area (Å²) >= 11 is 14.0. The van der Waals surface area contributed by atoms with Crippen molar-refractivity contribution < 1.29 is 9.53 Å². The largest absolute Gasteiger partial charge is 0.493 e. The fourth-order valence-corrected chi connectivity index (χ4v) is 3.91. The molecule has 1 heterocycles. The number of carbonyl (C=O) groups is 1. The lowest BCUT2D eigenvalue weighted by Gasteiger charge is -2.12. The predicted molar refractivity (Wildman–Crippen MR) is 85.7 cm³/mol. The maximum absolute atomic E-state index is 12.1. The highest BCUT2D eigenvalue weighted by atomic mass is 79.9. The van der Waals surface area contributed by atoms with Crippen molar-refractivity contribution in [2.24, 2.45) is 0 Å². The van der Waals surface area contributed by atoms with Gasteiger partial charge in [0.05, 0.1) is 17.3 Å². The van der Waals surface area contributed by atoms with Crippen LogP contribution in [0.1, 0.15) is 9.67 Å². The first-order valence-electron chi connectivity index (χ1n) is 5.10. The molecule has 1 N–H and O–H groups in total. The summed E-state index contributed by atoms with van der Waals surface area (Å²) in [4.78, 5) is 12.7. The van der Waals surface area contributed by atoms with Crippen molar-refractivity contribution in [1.82, 2.24) is 0 Å². The van der Waals surface area contributed by atoms with Crippen molar-refractivity contribution in [2.75, 3.05) is 12.4 Å². The van der Waals surface area contributed by atoms with E-state index < -0.39 is 0 Å². The van der Waals surface area contributed by atoms with Gasteiger partial charge in [0.2, 0.25) is 0 Å². The van der Waals surface area contributed by atoms with E-state index in [2.05, 4.69) is 37.2 Å². The van der Waals surface area contributed by atoms with Gasteiger partial charge >= 0.3 is 0 Å². The third kappa shape index (κ3) is 3.31. The smallest absolute Gasteiger partial charge is 0.266 e. The molecule has 0 atom stereocenters. The molecule has 7 heteroatoms. The van der Waals surface area contributed by atoms with Gasteiger partial charge in [-0.3, -0.25) is 4.79 Å². The van der Waals surface area contributed by atoms with Crippen LogP contribution < -0.4 is 10.1 Å². The molecule has 0 aliphatic carbocycles. The topological polar surface area (TPSA) is 38.3 Å². The fraction of sp³-hybridized carbons (Fsp3) is 0.0833. The summed E-state index contributed by atoms with van der Waals surface area (Å²) in [6.07, 6.45) is 0. The molecule has 1 aromatic heterocycles. The first-order chi connectivity index (χ1) is 9.02. The van der Waals surface area contributed by atoms with Crippen LogP contribution >= 0.6 is 54.8 Å². The molecule has 2 aromatic rings. The maximum atomic E-state index is 12.1. The number of rotatable bonds is 3. The van der Waals surface area contributed by atoms with Crippen LogP contribution in [0.25, 0.3) is 0 Å². The Labute approximate surface area is 136 Å². The van der Waals surface area contributed by atoms with E-state index in [0.717, 1.165) is 4.47 Å². The molecule has 1 aromatic carbocycles. The summed E-state index contributed by atoms with van der Waals surface area (Å²) < 4.78 is 6.69. The van der Waals surface area contributed by atoms with Crippen molar-refractivity contribution in [2.45, 2.75) is 0 Å². The zero-order valence-corrected chi connectivity index (χ0v) is 14.4. The van der Waals surface area contributed by atoms with Crippen LogP contribution in [0.4, 0.5) is 5.69 Å². The van der Waals surface area contributed by atoms with E-state index in [9.17, 15) is 4.79 Å². The SMILES string of the molecule is COc1c(Br)cc(Cl)cc1NC(=O)c1sccc1Br. The Kier molecular flexibility index (Phi) is 4.89. The molecule has 0 saturated carbocycles. The summed E-state index contributed by atoms with van der Waals surface area (Å²) in [5, 5.41) is 5.13. The summed E-state index contributed by atoms with van der Waals surface area (Å²) in [6, 6.07) is 5.17. The number of hydrogen-bond acceptors (Lipinski definition) is 3. The van der Waals surface area contributed by atoms with Gasteiger partial charge < -0.3 is 10.1 Å². The Morgan fingerprint density at radius 2 is 2.11 bits per heavy atom. The van der Waals surface area contributed by atoms with Gasteiger partial charge in [0.15, 0.2) is 5.75 Å². The summed E-state index contributed by atoms with van der Waals surface area (Å²) in [5.41, 5.74) is 0.521. The van der Waals surface area contributed by atoms with Crippen LogP contribution in [0, 0.1) is 0 Å². The van der Waals surface area contributed by atoms with Crippen molar-refractivity contribution in [1.29, 1.82) is 0 Å². The molecule has 0 aliphatic heterocycles. The molecule has 0 fully saturated rings. The molecule has 2 rings (SSSR count). The summed E-state index contributed by atoms with van der Waals surface area (Å²) in [6.45, 7) is 0. The van der Waals surface area contributed by atoms with Crippen LogP contribution in [0.15, 0.2) is 32.5 Å². The third-order valence-corrected chi connectivity index (χ3v) is 4.93. The minimum atomic E-state index is -0.214. The van der Waals surface area contributed by atoms with Gasteiger partial charge in [0, 0.05) is 9.50 Å². The Morgan fingerprint density at radius 1 is 1.37 bits per heavy atom. The number of methoxy groups -OCH3 is 1. The number of anilines is 1. The molecule has 100 valence electrons. The van der Waals surface area contributed by atoms with Gasteiger partial charge in [-0.05, 0) is 55.4 Å².